The summed E-state index contributed by atoms with van der Waals surface area (Å²) in [6.07, 6.45) is 34.8. The molecule has 0 aliphatic heterocycles. The molecule has 24 atom stereocenters. The minimum absolute atomic E-state index is 0.0975. The molecular weight excluding hydrogens is 1190 g/mol. The average molecular weight is 1300 g/mol. The highest BCUT2D eigenvalue weighted by Gasteiger charge is 2.62. The van der Waals surface area contributed by atoms with Crippen molar-refractivity contribution in [1.82, 2.24) is 19.6 Å². The van der Waals surface area contributed by atoms with E-state index >= 15 is 0 Å². The highest BCUT2D eigenvalue weighted by Crippen LogP contribution is 2.68. The van der Waals surface area contributed by atoms with Gasteiger partial charge in [-0.05, 0) is 336 Å². The molecule has 12 saturated carbocycles. The summed E-state index contributed by atoms with van der Waals surface area (Å²) in [5.41, 5.74) is 0.680. The number of alkyl halides is 1. The molecule has 12 fully saturated rings. The van der Waals surface area contributed by atoms with Gasteiger partial charge in [-0.2, -0.15) is 10.2 Å². The van der Waals surface area contributed by atoms with Crippen molar-refractivity contribution in [2.45, 2.75) is 245 Å². The van der Waals surface area contributed by atoms with Crippen molar-refractivity contribution in [2.75, 3.05) is 5.33 Å². The van der Waals surface area contributed by atoms with Gasteiger partial charge in [0.15, 0.2) is 11.6 Å². The highest BCUT2D eigenvalue weighted by molar-refractivity contribution is 9.09. The SMILES string of the molecule is C[C@@]1(O)CC[C@H]2[C@H](CC[C@@H]3[C@@H]2CC[C@]2(C)[C@@H](C(=O)CBr)CC[C@@H]32)C1.C[C@@]1(O)CC[C@H]2[C@H](CC[C@@H]3[C@@H]2CC[C@]2(C)[C@@H](C(=O)Cn4cc5cc(F)ccc5n4)CC[C@@H]32)C1.C[C@@]1(O)CC[C@H]2[C@H](CC[C@@H]3[C@@H]2CC[C@]2(C)[C@@H](C(=O)Cn4ncc5cc(F)ccc54)CC[C@@H]32)C1. The number of aliphatic hydroxyl groups is 3. The molecule has 90 heavy (non-hydrogen) atoms. The molecular formula is C77H107BrF2N4O6. The molecule has 0 bridgehead atoms. The smallest absolute Gasteiger partial charge is 0.157 e. The van der Waals surface area contributed by atoms with E-state index in [0.29, 0.717) is 52.3 Å². The van der Waals surface area contributed by atoms with E-state index in [1.165, 1.54) is 127 Å². The number of carbonyl (C=O) groups is 3. The molecule has 16 rings (SSSR count). The largest absolute Gasteiger partial charge is 0.390 e. The Bertz CT molecular complexity index is 3330. The van der Waals surface area contributed by atoms with Crippen molar-refractivity contribution < 1.29 is 38.5 Å². The third-order valence-corrected chi connectivity index (χ3v) is 30.3. The van der Waals surface area contributed by atoms with E-state index in [2.05, 4.69) is 46.9 Å². The molecule has 0 unspecified atom stereocenters. The summed E-state index contributed by atoms with van der Waals surface area (Å²) in [5.74, 6) is 12.4. The van der Waals surface area contributed by atoms with E-state index in [0.717, 1.165) is 158 Å². The maximum atomic E-state index is 13.6. The number of ketones is 3. The Morgan fingerprint density at radius 2 is 0.878 bits per heavy atom. The third kappa shape index (κ3) is 11.5. The van der Waals surface area contributed by atoms with Crippen molar-refractivity contribution in [3.8, 4) is 0 Å². The summed E-state index contributed by atoms with van der Waals surface area (Å²) in [6.45, 7) is 13.9. The van der Waals surface area contributed by atoms with Crippen LogP contribution in [0.25, 0.3) is 21.8 Å². The van der Waals surface area contributed by atoms with E-state index in [9.17, 15) is 38.5 Å². The van der Waals surface area contributed by atoms with Gasteiger partial charge in [0.2, 0.25) is 0 Å². The van der Waals surface area contributed by atoms with Crippen LogP contribution in [0, 0.1) is 134 Å². The standard InChI is InChI=1S/2C28H37FN2O2.C21H33BrO2/c1-27(33)11-9-20-17(14-27)3-5-22-21(20)10-12-28(2)23(22)6-7-24(28)26(32)16-31-15-18-13-19(29)4-8-25(18)30-31;1-27(33)11-9-20-17(14-27)3-5-22-21(20)10-12-28(2)23(22)6-7-24(28)26(32)16-31-25-8-4-19(29)13-18(25)15-30-31;1-20(24)9-7-14-13(11-20)3-4-16-15(14)8-10-21(2)17(16)5-6-18(21)19(23)12-22/h2*4,8,13,15,17,20-24,33H,3,5-7,9-12,14,16H2,1-2H3;13-18,24H,3-12H2,1-2H3/t2*17-,20+,21-,22-,23+,24-,27-,28+;13-,14+,15-,16-,17+,18-,20-,21+/m111/s1. The van der Waals surface area contributed by atoms with Crippen molar-refractivity contribution in [2.24, 2.45) is 123 Å². The van der Waals surface area contributed by atoms with Gasteiger partial charge in [0.05, 0.1) is 45.9 Å². The van der Waals surface area contributed by atoms with E-state index in [-0.39, 0.29) is 52.8 Å². The zero-order chi connectivity index (χ0) is 63.0. The van der Waals surface area contributed by atoms with Crippen molar-refractivity contribution >= 4 is 55.1 Å². The van der Waals surface area contributed by atoms with Gasteiger partial charge in [-0.15, -0.1) is 0 Å². The maximum Gasteiger partial charge on any atom is 0.157 e. The molecule has 0 saturated heterocycles. The van der Waals surface area contributed by atoms with Crippen LogP contribution < -0.4 is 0 Å². The molecule has 3 N–H and O–H groups in total. The molecule has 2 aromatic heterocycles. The Labute approximate surface area is 543 Å². The predicted octanol–water partition coefficient (Wildman–Crippen LogP) is 16.5. The van der Waals surface area contributed by atoms with Gasteiger partial charge in [-0.1, -0.05) is 36.7 Å². The molecule has 2 heterocycles. The lowest BCUT2D eigenvalue weighted by atomic mass is 9.49. The fourth-order valence-electron chi connectivity index (χ4n) is 25.8. The number of nitrogens with zero attached hydrogens (tertiary/aromatic N) is 4. The second-order valence-electron chi connectivity index (χ2n) is 34.6. The number of hydrogen-bond donors (Lipinski definition) is 3. The number of aromatic nitrogens is 4. The zero-order valence-electron chi connectivity index (χ0n) is 55.2. The summed E-state index contributed by atoms with van der Waals surface area (Å²) in [7, 11) is 0. The quantitative estimate of drug-likeness (QED) is 0.148. The minimum atomic E-state index is -0.468. The second-order valence-corrected chi connectivity index (χ2v) is 35.2. The van der Waals surface area contributed by atoms with E-state index < -0.39 is 16.8 Å². The first-order chi connectivity index (χ1) is 42.8. The van der Waals surface area contributed by atoms with Crippen LogP contribution in [0.4, 0.5) is 8.78 Å². The highest BCUT2D eigenvalue weighted by atomic mass is 79.9. The van der Waals surface area contributed by atoms with E-state index in [1.807, 2.05) is 20.8 Å². The second kappa shape index (κ2) is 24.1. The number of hydrogen-bond acceptors (Lipinski definition) is 8. The number of rotatable bonds is 8. The van der Waals surface area contributed by atoms with Crippen molar-refractivity contribution in [3.63, 3.8) is 0 Å². The number of benzene rings is 2. The summed E-state index contributed by atoms with van der Waals surface area (Å²) >= 11 is 3.42. The van der Waals surface area contributed by atoms with E-state index in [1.54, 1.807) is 33.9 Å². The van der Waals surface area contributed by atoms with Crippen LogP contribution in [0.1, 0.15) is 215 Å². The summed E-state index contributed by atoms with van der Waals surface area (Å²) in [5, 5.41) is 42.7. The van der Waals surface area contributed by atoms with Crippen molar-refractivity contribution in [1.29, 1.82) is 0 Å². The lowest BCUT2D eigenvalue weighted by molar-refractivity contribution is -0.133. The molecule has 2 aromatic carbocycles. The fraction of sp³-hybridized carbons (Fsp3) is 0.779. The van der Waals surface area contributed by atoms with Gasteiger partial charge in [-0.3, -0.25) is 23.7 Å². The first-order valence-corrected chi connectivity index (χ1v) is 37.5. The number of halogens is 3. The molecule has 12 aliphatic rings. The molecule has 12 aliphatic carbocycles. The third-order valence-electron chi connectivity index (χ3n) is 29.7. The number of fused-ring (bicyclic) bond motifs is 17. The summed E-state index contributed by atoms with van der Waals surface area (Å²) in [6, 6.07) is 9.25. The van der Waals surface area contributed by atoms with Crippen LogP contribution in [0.3, 0.4) is 0 Å². The lowest BCUT2D eigenvalue weighted by Gasteiger charge is -2.56. The Kier molecular flexibility index (Phi) is 17.1. The first-order valence-electron chi connectivity index (χ1n) is 36.4. The minimum Gasteiger partial charge on any atom is -0.390 e. The van der Waals surface area contributed by atoms with Crippen LogP contribution >= 0.6 is 15.9 Å². The van der Waals surface area contributed by atoms with E-state index in [4.69, 9.17) is 0 Å². The molecule has 0 spiro atoms. The number of carbonyl (C=O) groups excluding carboxylic acids is 3. The van der Waals surface area contributed by atoms with Gasteiger partial charge in [-0.25, -0.2) is 8.78 Å². The van der Waals surface area contributed by atoms with Crippen LogP contribution in [0.5, 0.6) is 0 Å². The molecule has 492 valence electrons. The Morgan fingerprint density at radius 3 is 1.32 bits per heavy atom. The summed E-state index contributed by atoms with van der Waals surface area (Å²) in [4.78, 5) is 39.6. The average Bonchev–Trinajstić information content (AvgIpc) is 1.45. The Hall–Kier alpha value is -3.39. The van der Waals surface area contributed by atoms with Gasteiger partial charge in [0, 0.05) is 34.7 Å². The fourth-order valence-corrected chi connectivity index (χ4v) is 26.2. The van der Waals surface area contributed by atoms with Gasteiger partial charge >= 0.3 is 0 Å². The Balaban J connectivity index is 0.000000120. The van der Waals surface area contributed by atoms with Crippen LogP contribution in [-0.4, -0.2) is 74.4 Å². The summed E-state index contributed by atoms with van der Waals surface area (Å²) < 4.78 is 30.6. The Morgan fingerprint density at radius 1 is 0.478 bits per heavy atom. The maximum absolute atomic E-state index is 13.6. The van der Waals surface area contributed by atoms with Crippen LogP contribution in [0.15, 0.2) is 48.8 Å². The zero-order valence-corrected chi connectivity index (χ0v) is 56.8. The molecule has 4 aromatic rings. The predicted molar refractivity (Wildman–Crippen MR) is 352 cm³/mol. The molecule has 13 heteroatoms. The van der Waals surface area contributed by atoms with Gasteiger partial charge in [0.25, 0.3) is 0 Å². The molecule has 10 nitrogen and oxygen atoms in total. The molecule has 0 radical (unpaired) electrons. The monoisotopic (exact) mass is 1300 g/mol. The first kappa shape index (κ1) is 64.0. The van der Waals surface area contributed by atoms with Gasteiger partial charge < -0.3 is 15.3 Å². The number of Topliss-reactive ketones (excluding diaryl/α,β-unsaturated/α-hetero) is 3. The van der Waals surface area contributed by atoms with Crippen LogP contribution in [0.2, 0.25) is 0 Å². The topological polar surface area (TPSA) is 148 Å². The normalized spacial score (nSPS) is 45.6. The van der Waals surface area contributed by atoms with Crippen molar-refractivity contribution in [3.05, 3.63) is 60.4 Å². The lowest BCUT2D eigenvalue weighted by Crippen LogP contribution is -2.51. The van der Waals surface area contributed by atoms with Gasteiger partial charge in [0.1, 0.15) is 24.0 Å². The van der Waals surface area contributed by atoms with Crippen LogP contribution in [-0.2, 0) is 27.5 Å². The molecule has 0 amide bonds.